The van der Waals surface area contributed by atoms with Crippen LogP contribution in [0.2, 0.25) is 0 Å². The summed E-state index contributed by atoms with van der Waals surface area (Å²) in [5.41, 5.74) is 7.48. The van der Waals surface area contributed by atoms with E-state index in [2.05, 4.69) is 4.98 Å². The second-order valence-corrected chi connectivity index (χ2v) is 3.04. The van der Waals surface area contributed by atoms with Crippen molar-refractivity contribution in [2.45, 2.75) is 6.42 Å². The minimum atomic E-state index is -0.203. The molecule has 0 fully saturated rings. The zero-order chi connectivity index (χ0) is 9.26. The molecule has 14 heavy (non-hydrogen) atoms. The average Bonchev–Trinajstić information content (AvgIpc) is 2.49. The molecule has 1 heterocycles. The fourth-order valence-electron chi connectivity index (χ4n) is 1.51. The van der Waals surface area contributed by atoms with Crippen LogP contribution in [0.15, 0.2) is 24.4 Å². The lowest BCUT2D eigenvalue weighted by Gasteiger charge is -1.95. The normalized spacial score (nSPS) is 10.1. The van der Waals surface area contributed by atoms with E-state index in [0.29, 0.717) is 6.54 Å². The summed E-state index contributed by atoms with van der Waals surface area (Å²) in [5, 5.41) is 0.936. The number of aromatic amines is 1. The maximum atomic E-state index is 12.9. The zero-order valence-electron chi connectivity index (χ0n) is 7.59. The number of rotatable bonds is 2. The molecule has 0 bridgehead atoms. The van der Waals surface area contributed by atoms with E-state index in [9.17, 15) is 4.39 Å². The molecule has 0 aliphatic rings. The molecule has 0 saturated heterocycles. The van der Waals surface area contributed by atoms with Crippen LogP contribution < -0.4 is 5.73 Å². The topological polar surface area (TPSA) is 41.8 Å². The molecule has 2 rings (SSSR count). The van der Waals surface area contributed by atoms with Crippen LogP contribution in [-0.2, 0) is 6.42 Å². The smallest absolute Gasteiger partial charge is 0.123 e. The summed E-state index contributed by atoms with van der Waals surface area (Å²) in [6.45, 7) is 0.587. The number of benzene rings is 1. The predicted octanol–water partition coefficient (Wildman–Crippen LogP) is 2.23. The summed E-state index contributed by atoms with van der Waals surface area (Å²) in [5.74, 6) is -0.203. The van der Waals surface area contributed by atoms with Crippen LogP contribution in [-0.4, -0.2) is 11.5 Å². The fraction of sp³-hybridized carbons (Fsp3) is 0.200. The van der Waals surface area contributed by atoms with Gasteiger partial charge in [-0.1, -0.05) is 0 Å². The Morgan fingerprint density at radius 3 is 2.86 bits per heavy atom. The van der Waals surface area contributed by atoms with E-state index < -0.39 is 0 Å². The van der Waals surface area contributed by atoms with Gasteiger partial charge >= 0.3 is 0 Å². The molecule has 0 atom stereocenters. The van der Waals surface area contributed by atoms with Crippen molar-refractivity contribution in [2.24, 2.45) is 5.73 Å². The molecule has 1 aromatic heterocycles. The summed E-state index contributed by atoms with van der Waals surface area (Å²) in [6, 6.07) is 4.73. The minimum Gasteiger partial charge on any atom is -0.361 e. The molecule has 0 amide bonds. The zero-order valence-corrected chi connectivity index (χ0v) is 8.40. The number of hydrogen-bond donors (Lipinski definition) is 2. The van der Waals surface area contributed by atoms with E-state index in [-0.39, 0.29) is 18.2 Å². The van der Waals surface area contributed by atoms with Crippen LogP contribution in [0.25, 0.3) is 10.9 Å². The molecule has 1 aromatic carbocycles. The van der Waals surface area contributed by atoms with Crippen LogP contribution in [0, 0.1) is 5.82 Å². The van der Waals surface area contributed by atoms with E-state index in [4.69, 9.17) is 5.73 Å². The lowest BCUT2D eigenvalue weighted by Crippen LogP contribution is -2.01. The summed E-state index contributed by atoms with van der Waals surface area (Å²) in [4.78, 5) is 3.08. The number of H-pyrrole nitrogens is 1. The molecule has 2 nitrogen and oxygen atoms in total. The SMILES string of the molecule is Cl.NCCc1c[nH]c2ccc(F)cc12. The standard InChI is InChI=1S/C10H11FN2.ClH/c11-8-1-2-10-9(5-8)7(3-4-12)6-13-10;/h1-2,5-6,13H,3-4,12H2;1H. The first-order valence-corrected chi connectivity index (χ1v) is 4.27. The highest BCUT2D eigenvalue weighted by Crippen LogP contribution is 2.19. The Morgan fingerprint density at radius 1 is 1.36 bits per heavy atom. The third-order valence-electron chi connectivity index (χ3n) is 2.14. The molecular formula is C10H12ClFN2. The van der Waals surface area contributed by atoms with E-state index >= 15 is 0 Å². The number of hydrogen-bond acceptors (Lipinski definition) is 1. The van der Waals surface area contributed by atoms with Crippen molar-refractivity contribution in [2.75, 3.05) is 6.54 Å². The van der Waals surface area contributed by atoms with Crippen LogP contribution in [0.1, 0.15) is 5.56 Å². The van der Waals surface area contributed by atoms with Gasteiger partial charge in [-0.3, -0.25) is 0 Å². The molecular weight excluding hydrogens is 203 g/mol. The van der Waals surface area contributed by atoms with Crippen molar-refractivity contribution in [3.63, 3.8) is 0 Å². The van der Waals surface area contributed by atoms with Crippen molar-refractivity contribution in [1.82, 2.24) is 4.98 Å². The summed E-state index contributed by atoms with van der Waals surface area (Å²) in [7, 11) is 0. The summed E-state index contributed by atoms with van der Waals surface area (Å²) >= 11 is 0. The van der Waals surface area contributed by atoms with Crippen LogP contribution in [0.5, 0.6) is 0 Å². The average molecular weight is 215 g/mol. The third kappa shape index (κ3) is 1.89. The Labute approximate surface area is 87.7 Å². The van der Waals surface area contributed by atoms with Crippen LogP contribution in [0.3, 0.4) is 0 Å². The van der Waals surface area contributed by atoms with Gasteiger partial charge in [-0.15, -0.1) is 12.4 Å². The maximum absolute atomic E-state index is 12.9. The Kier molecular flexibility index (Phi) is 3.49. The van der Waals surface area contributed by atoms with E-state index in [0.717, 1.165) is 22.9 Å². The Hall–Kier alpha value is -1.06. The second kappa shape index (κ2) is 4.44. The minimum absolute atomic E-state index is 0. The molecule has 0 radical (unpaired) electrons. The van der Waals surface area contributed by atoms with E-state index in [1.54, 1.807) is 6.07 Å². The molecule has 0 saturated carbocycles. The van der Waals surface area contributed by atoms with Gasteiger partial charge in [0.2, 0.25) is 0 Å². The molecule has 0 unspecified atom stereocenters. The number of nitrogens with one attached hydrogen (secondary N) is 1. The number of aromatic nitrogens is 1. The number of fused-ring (bicyclic) bond motifs is 1. The van der Waals surface area contributed by atoms with Gasteiger partial charge in [0.1, 0.15) is 5.82 Å². The molecule has 0 aliphatic heterocycles. The van der Waals surface area contributed by atoms with Crippen molar-refractivity contribution >= 4 is 23.3 Å². The summed E-state index contributed by atoms with van der Waals surface area (Å²) < 4.78 is 12.9. The van der Waals surface area contributed by atoms with Gasteiger partial charge in [-0.05, 0) is 36.7 Å². The van der Waals surface area contributed by atoms with Gasteiger partial charge in [0.15, 0.2) is 0 Å². The van der Waals surface area contributed by atoms with Crippen molar-refractivity contribution < 1.29 is 4.39 Å². The maximum Gasteiger partial charge on any atom is 0.123 e. The molecule has 76 valence electrons. The molecule has 4 heteroatoms. The largest absolute Gasteiger partial charge is 0.361 e. The van der Waals surface area contributed by atoms with Crippen molar-refractivity contribution in [1.29, 1.82) is 0 Å². The number of halogens is 2. The van der Waals surface area contributed by atoms with E-state index in [1.807, 2.05) is 6.20 Å². The predicted molar refractivity (Wildman–Crippen MR) is 58.3 cm³/mol. The first kappa shape index (κ1) is 11.0. The Bertz CT molecular complexity index is 425. The molecule has 3 N–H and O–H groups in total. The van der Waals surface area contributed by atoms with Gasteiger partial charge in [0.25, 0.3) is 0 Å². The van der Waals surface area contributed by atoms with Crippen molar-refractivity contribution in [3.05, 3.63) is 35.8 Å². The lowest BCUT2D eigenvalue weighted by atomic mass is 10.1. The molecule has 2 aromatic rings. The number of nitrogens with two attached hydrogens (primary N) is 1. The lowest BCUT2D eigenvalue weighted by molar-refractivity contribution is 0.629. The van der Waals surface area contributed by atoms with E-state index in [1.165, 1.54) is 12.1 Å². The van der Waals surface area contributed by atoms with Crippen LogP contribution >= 0.6 is 12.4 Å². The monoisotopic (exact) mass is 214 g/mol. The van der Waals surface area contributed by atoms with Gasteiger partial charge in [-0.25, -0.2) is 4.39 Å². The second-order valence-electron chi connectivity index (χ2n) is 3.04. The molecule has 0 aliphatic carbocycles. The fourth-order valence-corrected chi connectivity index (χ4v) is 1.51. The van der Waals surface area contributed by atoms with Crippen LogP contribution in [0.4, 0.5) is 4.39 Å². The highest BCUT2D eigenvalue weighted by molar-refractivity contribution is 5.85. The van der Waals surface area contributed by atoms with Gasteiger partial charge < -0.3 is 10.7 Å². The highest BCUT2D eigenvalue weighted by Gasteiger charge is 2.03. The molecule has 0 spiro atoms. The van der Waals surface area contributed by atoms with Gasteiger partial charge in [-0.2, -0.15) is 0 Å². The first-order valence-electron chi connectivity index (χ1n) is 4.27. The Balaban J connectivity index is 0.000000980. The van der Waals surface area contributed by atoms with Crippen molar-refractivity contribution in [3.8, 4) is 0 Å². The summed E-state index contributed by atoms with van der Waals surface area (Å²) in [6.07, 6.45) is 2.67. The first-order chi connectivity index (χ1) is 6.31. The third-order valence-corrected chi connectivity index (χ3v) is 2.14. The Morgan fingerprint density at radius 2 is 2.14 bits per heavy atom. The highest BCUT2D eigenvalue weighted by atomic mass is 35.5. The van der Waals surface area contributed by atoms with Gasteiger partial charge in [0, 0.05) is 17.1 Å². The van der Waals surface area contributed by atoms with Gasteiger partial charge in [0.05, 0.1) is 0 Å². The quantitative estimate of drug-likeness (QED) is 0.791.